The van der Waals surface area contributed by atoms with Crippen LogP contribution in [0.15, 0.2) is 36.5 Å². The molecule has 3 aromatic rings. The molecule has 27 heavy (non-hydrogen) atoms. The van der Waals surface area contributed by atoms with Crippen LogP contribution in [0.2, 0.25) is 5.15 Å². The van der Waals surface area contributed by atoms with Gasteiger partial charge in [0.05, 0.1) is 18.4 Å². The maximum Gasteiger partial charge on any atom is 0.364 e. The Morgan fingerprint density at radius 1 is 1.19 bits per heavy atom. The van der Waals surface area contributed by atoms with E-state index >= 15 is 0 Å². The van der Waals surface area contributed by atoms with Crippen molar-refractivity contribution in [2.24, 2.45) is 0 Å². The molecule has 1 aromatic carbocycles. The van der Waals surface area contributed by atoms with Crippen molar-refractivity contribution in [2.45, 2.75) is 6.92 Å². The molecule has 0 aliphatic heterocycles. The van der Waals surface area contributed by atoms with Crippen molar-refractivity contribution in [3.05, 3.63) is 59.0 Å². The van der Waals surface area contributed by atoms with Gasteiger partial charge in [-0.15, -0.1) is 10.2 Å². The van der Waals surface area contributed by atoms with E-state index < -0.39 is 17.6 Å². The van der Waals surface area contributed by atoms with Gasteiger partial charge >= 0.3 is 5.97 Å². The van der Waals surface area contributed by atoms with Crippen LogP contribution in [0.5, 0.6) is 11.6 Å². The molecule has 2 heterocycles. The fourth-order valence-electron chi connectivity index (χ4n) is 2.03. The highest BCUT2D eigenvalue weighted by molar-refractivity contribution is 6.29. The standard InChI is InChI=1S/C17H11ClF2N4O3/c1-2-26-17(25)14-16(27-10-4-6-13(18)21-8-10)22-15(24-23-14)11-7-9(19)3-5-12(11)20/h3-8H,2H2,1H3. The van der Waals surface area contributed by atoms with E-state index in [1.165, 1.54) is 18.3 Å². The van der Waals surface area contributed by atoms with Crippen molar-refractivity contribution in [2.75, 3.05) is 6.61 Å². The quantitative estimate of drug-likeness (QED) is 0.481. The van der Waals surface area contributed by atoms with Gasteiger partial charge in [-0.05, 0) is 37.3 Å². The molecule has 10 heteroatoms. The molecule has 0 saturated carbocycles. The number of rotatable bonds is 5. The molecule has 0 atom stereocenters. The van der Waals surface area contributed by atoms with Gasteiger partial charge in [-0.1, -0.05) is 11.6 Å². The smallest absolute Gasteiger partial charge is 0.364 e. The van der Waals surface area contributed by atoms with Gasteiger partial charge < -0.3 is 9.47 Å². The average Bonchev–Trinajstić information content (AvgIpc) is 2.65. The lowest BCUT2D eigenvalue weighted by Gasteiger charge is -2.10. The lowest BCUT2D eigenvalue weighted by Crippen LogP contribution is -2.12. The molecule has 0 N–H and O–H groups in total. The number of aromatic nitrogens is 4. The summed E-state index contributed by atoms with van der Waals surface area (Å²) in [6.07, 6.45) is 1.29. The highest BCUT2D eigenvalue weighted by atomic mass is 35.5. The van der Waals surface area contributed by atoms with Crippen molar-refractivity contribution >= 4 is 17.6 Å². The van der Waals surface area contributed by atoms with Gasteiger partial charge in [-0.2, -0.15) is 4.98 Å². The number of halogens is 3. The molecule has 138 valence electrons. The predicted molar refractivity (Wildman–Crippen MR) is 90.5 cm³/mol. The zero-order valence-electron chi connectivity index (χ0n) is 13.8. The van der Waals surface area contributed by atoms with Crippen molar-refractivity contribution in [3.8, 4) is 23.0 Å². The molecule has 0 amide bonds. The van der Waals surface area contributed by atoms with E-state index in [0.717, 1.165) is 18.2 Å². The van der Waals surface area contributed by atoms with Crippen LogP contribution in [0.25, 0.3) is 11.4 Å². The molecule has 0 bridgehead atoms. The van der Waals surface area contributed by atoms with E-state index in [-0.39, 0.29) is 40.5 Å². The van der Waals surface area contributed by atoms with Gasteiger partial charge in [0.2, 0.25) is 5.69 Å². The Kier molecular flexibility index (Phi) is 5.51. The van der Waals surface area contributed by atoms with Crippen molar-refractivity contribution in [1.29, 1.82) is 0 Å². The molecule has 0 fully saturated rings. The fourth-order valence-corrected chi connectivity index (χ4v) is 2.14. The summed E-state index contributed by atoms with van der Waals surface area (Å²) in [4.78, 5) is 19.9. The monoisotopic (exact) mass is 392 g/mol. The molecule has 0 spiro atoms. The van der Waals surface area contributed by atoms with Gasteiger partial charge in [-0.3, -0.25) is 0 Å². The number of hydrogen-bond acceptors (Lipinski definition) is 7. The number of ether oxygens (including phenoxy) is 2. The lowest BCUT2D eigenvalue weighted by molar-refractivity contribution is 0.0514. The van der Waals surface area contributed by atoms with Crippen LogP contribution < -0.4 is 4.74 Å². The number of carbonyl (C=O) groups excluding carboxylic acids is 1. The highest BCUT2D eigenvalue weighted by Gasteiger charge is 2.22. The molecule has 7 nitrogen and oxygen atoms in total. The Hall–Kier alpha value is -3.20. The zero-order valence-corrected chi connectivity index (χ0v) is 14.6. The Bertz CT molecular complexity index is 986. The van der Waals surface area contributed by atoms with E-state index in [4.69, 9.17) is 21.1 Å². The van der Waals surface area contributed by atoms with Crippen molar-refractivity contribution < 1.29 is 23.0 Å². The van der Waals surface area contributed by atoms with Crippen LogP contribution in [0.1, 0.15) is 17.4 Å². The second-order valence-corrected chi connectivity index (χ2v) is 5.44. The SMILES string of the molecule is CCOC(=O)c1nnc(-c2cc(F)ccc2F)nc1Oc1ccc(Cl)nc1. The summed E-state index contributed by atoms with van der Waals surface area (Å²) in [5.74, 6) is -2.66. The van der Waals surface area contributed by atoms with E-state index in [2.05, 4.69) is 20.2 Å². The van der Waals surface area contributed by atoms with Crippen molar-refractivity contribution in [3.63, 3.8) is 0 Å². The van der Waals surface area contributed by atoms with Crippen LogP contribution in [0.4, 0.5) is 8.78 Å². The molecule has 3 rings (SSSR count). The zero-order chi connectivity index (χ0) is 19.4. The van der Waals surface area contributed by atoms with Gasteiger partial charge in [0.15, 0.2) is 5.82 Å². The summed E-state index contributed by atoms with van der Waals surface area (Å²) in [6, 6.07) is 5.73. The number of carbonyl (C=O) groups is 1. The normalized spacial score (nSPS) is 10.5. The molecule has 0 radical (unpaired) electrons. The Morgan fingerprint density at radius 3 is 2.70 bits per heavy atom. The third-order valence-electron chi connectivity index (χ3n) is 3.21. The average molecular weight is 393 g/mol. The molecular formula is C17H11ClF2N4O3. The second kappa shape index (κ2) is 8.00. The van der Waals surface area contributed by atoms with Gasteiger partial charge in [-0.25, -0.2) is 18.6 Å². The number of hydrogen-bond donors (Lipinski definition) is 0. The predicted octanol–water partition coefficient (Wildman–Crippen LogP) is 3.83. The molecule has 2 aromatic heterocycles. The first-order valence-electron chi connectivity index (χ1n) is 7.64. The number of nitrogens with zero attached hydrogens (tertiary/aromatic N) is 4. The second-order valence-electron chi connectivity index (χ2n) is 5.05. The summed E-state index contributed by atoms with van der Waals surface area (Å²) < 4.78 is 37.9. The minimum absolute atomic E-state index is 0.0860. The Morgan fingerprint density at radius 2 is 2.00 bits per heavy atom. The fraction of sp³-hybridized carbons (Fsp3) is 0.118. The van der Waals surface area contributed by atoms with Crippen LogP contribution in [0, 0.1) is 11.6 Å². The maximum atomic E-state index is 14.0. The number of benzene rings is 1. The van der Waals surface area contributed by atoms with E-state index in [0.29, 0.717) is 0 Å². The van der Waals surface area contributed by atoms with E-state index in [1.54, 1.807) is 6.92 Å². The van der Waals surface area contributed by atoms with Gasteiger partial charge in [0.1, 0.15) is 22.5 Å². The van der Waals surface area contributed by atoms with Crippen LogP contribution in [-0.2, 0) is 4.74 Å². The van der Waals surface area contributed by atoms with Crippen LogP contribution >= 0.6 is 11.6 Å². The lowest BCUT2D eigenvalue weighted by atomic mass is 10.2. The molecular weight excluding hydrogens is 382 g/mol. The summed E-state index contributed by atoms with van der Waals surface area (Å²) in [7, 11) is 0. The third-order valence-corrected chi connectivity index (χ3v) is 3.43. The Labute approximate surface area is 157 Å². The third kappa shape index (κ3) is 4.32. The molecule has 0 saturated heterocycles. The highest BCUT2D eigenvalue weighted by Crippen LogP contribution is 2.27. The molecule has 0 aliphatic rings. The van der Waals surface area contributed by atoms with Crippen molar-refractivity contribution in [1.82, 2.24) is 20.2 Å². The summed E-state index contributed by atoms with van der Waals surface area (Å²) in [5, 5.41) is 7.63. The van der Waals surface area contributed by atoms with Crippen LogP contribution in [0.3, 0.4) is 0 Å². The van der Waals surface area contributed by atoms with E-state index in [9.17, 15) is 13.6 Å². The summed E-state index contributed by atoms with van der Waals surface area (Å²) in [6.45, 7) is 1.70. The maximum absolute atomic E-state index is 14.0. The first-order chi connectivity index (χ1) is 13.0. The van der Waals surface area contributed by atoms with Gasteiger partial charge in [0.25, 0.3) is 5.88 Å². The Balaban J connectivity index is 2.06. The summed E-state index contributed by atoms with van der Waals surface area (Å²) in [5.41, 5.74) is -0.565. The molecule has 0 aliphatic carbocycles. The topological polar surface area (TPSA) is 87.1 Å². The number of esters is 1. The minimum atomic E-state index is -0.833. The first-order valence-corrected chi connectivity index (χ1v) is 8.02. The summed E-state index contributed by atoms with van der Waals surface area (Å²) >= 11 is 5.72. The largest absolute Gasteiger partial charge is 0.461 e. The van der Waals surface area contributed by atoms with Gasteiger partial charge in [0, 0.05) is 0 Å². The molecule has 0 unspecified atom stereocenters. The number of pyridine rings is 1. The van der Waals surface area contributed by atoms with E-state index in [1.807, 2.05) is 0 Å². The van der Waals surface area contributed by atoms with Crippen LogP contribution in [-0.4, -0.2) is 32.7 Å². The minimum Gasteiger partial charge on any atom is -0.461 e. The first kappa shape index (κ1) is 18.6.